The normalized spacial score (nSPS) is 17.9. The predicted octanol–water partition coefficient (Wildman–Crippen LogP) is 2.73. The Morgan fingerprint density at radius 1 is 1.00 bits per heavy atom. The van der Waals surface area contributed by atoms with Gasteiger partial charge in [0.05, 0.1) is 20.3 Å². The van der Waals surface area contributed by atoms with Crippen LogP contribution in [0.5, 0.6) is 17.2 Å². The highest BCUT2D eigenvalue weighted by Gasteiger charge is 2.25. The van der Waals surface area contributed by atoms with Gasteiger partial charge in [-0.3, -0.25) is 4.90 Å². The van der Waals surface area contributed by atoms with Crippen molar-refractivity contribution in [1.29, 1.82) is 0 Å². The van der Waals surface area contributed by atoms with Crippen LogP contribution >= 0.6 is 0 Å². The lowest BCUT2D eigenvalue weighted by Gasteiger charge is -2.36. The van der Waals surface area contributed by atoms with Crippen LogP contribution in [0.4, 0.5) is 0 Å². The van der Waals surface area contributed by atoms with Crippen molar-refractivity contribution in [2.75, 3.05) is 47.0 Å². The number of methoxy groups -OCH3 is 2. The maximum absolute atomic E-state index is 5.90. The van der Waals surface area contributed by atoms with Crippen molar-refractivity contribution in [2.24, 2.45) is 0 Å². The smallest absolute Gasteiger partial charge is 0.123 e. The molecular formula is C20H26N2O3. The lowest BCUT2D eigenvalue weighted by molar-refractivity contribution is 0.132. The van der Waals surface area contributed by atoms with Crippen molar-refractivity contribution in [3.63, 3.8) is 0 Å². The third-order valence-electron chi connectivity index (χ3n) is 4.56. The standard InChI is InChI=1S/C20H26N2O3/c1-23-16-7-9-17(10-8-16)25-14-13-22-12-11-21-15-19(22)18-5-3-4-6-20(18)24-2/h3-10,19,21H,11-15H2,1-2H3. The topological polar surface area (TPSA) is 43.0 Å². The van der Waals surface area contributed by atoms with Gasteiger partial charge in [0.15, 0.2) is 0 Å². The van der Waals surface area contributed by atoms with Crippen molar-refractivity contribution in [3.8, 4) is 17.2 Å². The van der Waals surface area contributed by atoms with Crippen molar-refractivity contribution >= 4 is 0 Å². The van der Waals surface area contributed by atoms with Gasteiger partial charge in [-0.2, -0.15) is 0 Å². The molecular weight excluding hydrogens is 316 g/mol. The summed E-state index contributed by atoms with van der Waals surface area (Å²) in [6, 6.07) is 16.3. The van der Waals surface area contributed by atoms with E-state index in [0.717, 1.165) is 43.4 Å². The lowest BCUT2D eigenvalue weighted by Crippen LogP contribution is -2.47. The summed E-state index contributed by atoms with van der Waals surface area (Å²) < 4.78 is 16.6. The molecule has 0 aliphatic carbocycles. The molecule has 25 heavy (non-hydrogen) atoms. The molecule has 1 atom stereocenters. The van der Waals surface area contributed by atoms with Gasteiger partial charge in [0.25, 0.3) is 0 Å². The van der Waals surface area contributed by atoms with Crippen LogP contribution < -0.4 is 19.5 Å². The van der Waals surface area contributed by atoms with Gasteiger partial charge < -0.3 is 19.5 Å². The number of ether oxygens (including phenoxy) is 3. The third kappa shape index (κ3) is 4.44. The van der Waals surface area contributed by atoms with Crippen LogP contribution in [0.3, 0.4) is 0 Å². The van der Waals surface area contributed by atoms with E-state index in [1.54, 1.807) is 14.2 Å². The molecule has 1 N–H and O–H groups in total. The summed E-state index contributed by atoms with van der Waals surface area (Å²) in [5, 5.41) is 3.48. The van der Waals surface area contributed by atoms with Gasteiger partial charge in [0.2, 0.25) is 0 Å². The fourth-order valence-corrected chi connectivity index (χ4v) is 3.22. The zero-order valence-corrected chi connectivity index (χ0v) is 14.9. The molecule has 2 aromatic carbocycles. The van der Waals surface area contributed by atoms with Gasteiger partial charge in [-0.1, -0.05) is 18.2 Å². The van der Waals surface area contributed by atoms with E-state index in [0.29, 0.717) is 12.6 Å². The summed E-state index contributed by atoms with van der Waals surface area (Å²) in [5.74, 6) is 2.65. The van der Waals surface area contributed by atoms with E-state index in [9.17, 15) is 0 Å². The summed E-state index contributed by atoms with van der Waals surface area (Å²) in [6.45, 7) is 4.43. The molecule has 1 saturated heterocycles. The Labute approximate surface area is 149 Å². The first-order chi connectivity index (χ1) is 12.3. The van der Waals surface area contributed by atoms with Crippen molar-refractivity contribution in [1.82, 2.24) is 10.2 Å². The minimum absolute atomic E-state index is 0.296. The first kappa shape index (κ1) is 17.6. The van der Waals surface area contributed by atoms with Gasteiger partial charge in [0.1, 0.15) is 23.9 Å². The summed E-state index contributed by atoms with van der Waals surface area (Å²) in [4.78, 5) is 2.46. The highest BCUT2D eigenvalue weighted by molar-refractivity contribution is 5.36. The lowest BCUT2D eigenvalue weighted by atomic mass is 10.0. The number of rotatable bonds is 7. The fourth-order valence-electron chi connectivity index (χ4n) is 3.22. The van der Waals surface area contributed by atoms with Crippen LogP contribution in [0.25, 0.3) is 0 Å². The van der Waals surface area contributed by atoms with E-state index >= 15 is 0 Å². The third-order valence-corrected chi connectivity index (χ3v) is 4.56. The maximum atomic E-state index is 5.90. The number of benzene rings is 2. The molecule has 1 heterocycles. The molecule has 134 valence electrons. The Morgan fingerprint density at radius 2 is 1.76 bits per heavy atom. The SMILES string of the molecule is COc1ccc(OCCN2CCNCC2c2ccccc2OC)cc1. The predicted molar refractivity (Wildman–Crippen MR) is 98.7 cm³/mol. The second-order valence-corrected chi connectivity index (χ2v) is 6.02. The number of para-hydroxylation sites is 1. The molecule has 1 aliphatic heterocycles. The molecule has 2 aromatic rings. The van der Waals surface area contributed by atoms with E-state index in [-0.39, 0.29) is 0 Å². The highest BCUT2D eigenvalue weighted by Crippen LogP contribution is 2.30. The molecule has 1 fully saturated rings. The monoisotopic (exact) mass is 342 g/mol. The van der Waals surface area contributed by atoms with Crippen molar-refractivity contribution in [2.45, 2.75) is 6.04 Å². The number of nitrogens with zero attached hydrogens (tertiary/aromatic N) is 1. The Hall–Kier alpha value is -2.24. The van der Waals surface area contributed by atoms with Gasteiger partial charge in [-0.05, 0) is 30.3 Å². The number of hydrogen-bond donors (Lipinski definition) is 1. The van der Waals surface area contributed by atoms with Crippen LogP contribution in [-0.4, -0.2) is 51.9 Å². The van der Waals surface area contributed by atoms with E-state index in [1.165, 1.54) is 5.56 Å². The van der Waals surface area contributed by atoms with Crippen molar-refractivity contribution < 1.29 is 14.2 Å². The minimum atomic E-state index is 0.296. The van der Waals surface area contributed by atoms with E-state index in [2.05, 4.69) is 22.3 Å². The van der Waals surface area contributed by atoms with Crippen LogP contribution in [0.2, 0.25) is 0 Å². The summed E-state index contributed by atoms with van der Waals surface area (Å²) in [5.41, 5.74) is 1.22. The zero-order valence-electron chi connectivity index (χ0n) is 14.9. The number of hydrogen-bond acceptors (Lipinski definition) is 5. The Morgan fingerprint density at radius 3 is 2.52 bits per heavy atom. The largest absolute Gasteiger partial charge is 0.497 e. The highest BCUT2D eigenvalue weighted by atomic mass is 16.5. The average Bonchev–Trinajstić information content (AvgIpc) is 2.69. The van der Waals surface area contributed by atoms with Crippen LogP contribution in [0, 0.1) is 0 Å². The summed E-state index contributed by atoms with van der Waals surface area (Å²) in [6.07, 6.45) is 0. The number of piperazine rings is 1. The molecule has 0 bridgehead atoms. The first-order valence-electron chi connectivity index (χ1n) is 8.66. The second kappa shape index (κ2) is 8.74. The molecule has 1 aliphatic rings. The Balaban J connectivity index is 1.61. The van der Waals surface area contributed by atoms with Gasteiger partial charge in [-0.25, -0.2) is 0 Å². The summed E-state index contributed by atoms with van der Waals surface area (Å²) in [7, 11) is 3.39. The molecule has 0 amide bonds. The van der Waals surface area contributed by atoms with E-state index in [4.69, 9.17) is 14.2 Å². The molecule has 0 spiro atoms. The van der Waals surface area contributed by atoms with E-state index < -0.39 is 0 Å². The Kier molecular flexibility index (Phi) is 6.14. The zero-order chi connectivity index (χ0) is 17.5. The van der Waals surface area contributed by atoms with Crippen LogP contribution in [-0.2, 0) is 0 Å². The van der Waals surface area contributed by atoms with Gasteiger partial charge >= 0.3 is 0 Å². The average molecular weight is 342 g/mol. The summed E-state index contributed by atoms with van der Waals surface area (Å²) >= 11 is 0. The molecule has 0 saturated carbocycles. The molecule has 5 heteroatoms. The maximum Gasteiger partial charge on any atom is 0.123 e. The first-order valence-corrected chi connectivity index (χ1v) is 8.66. The van der Waals surface area contributed by atoms with Gasteiger partial charge in [-0.15, -0.1) is 0 Å². The molecule has 1 unspecified atom stereocenters. The quantitative estimate of drug-likeness (QED) is 0.838. The van der Waals surface area contributed by atoms with Crippen LogP contribution in [0.15, 0.2) is 48.5 Å². The van der Waals surface area contributed by atoms with E-state index in [1.807, 2.05) is 36.4 Å². The second-order valence-electron chi connectivity index (χ2n) is 6.02. The van der Waals surface area contributed by atoms with Crippen LogP contribution in [0.1, 0.15) is 11.6 Å². The van der Waals surface area contributed by atoms with Crippen molar-refractivity contribution in [3.05, 3.63) is 54.1 Å². The molecule has 5 nitrogen and oxygen atoms in total. The van der Waals surface area contributed by atoms with Gasteiger partial charge in [0, 0.05) is 31.7 Å². The molecule has 3 rings (SSSR count). The Bertz CT molecular complexity index is 660. The molecule has 0 radical (unpaired) electrons. The fraction of sp³-hybridized carbons (Fsp3) is 0.400. The minimum Gasteiger partial charge on any atom is -0.497 e. The molecule has 0 aromatic heterocycles. The number of nitrogens with one attached hydrogen (secondary N) is 1.